The maximum atomic E-state index is 13.0. The minimum absolute atomic E-state index is 0.0885. The number of ether oxygens (including phenoxy) is 1. The summed E-state index contributed by atoms with van der Waals surface area (Å²) in [4.78, 5) is 15.4. The lowest BCUT2D eigenvalue weighted by molar-refractivity contribution is -0.145. The molecule has 3 heteroatoms. The van der Waals surface area contributed by atoms with Gasteiger partial charge in [0.1, 0.15) is 0 Å². The van der Waals surface area contributed by atoms with Gasteiger partial charge in [-0.1, -0.05) is 109 Å². The highest BCUT2D eigenvalue weighted by Gasteiger charge is 2.30. The number of rotatable bonds is 10. The van der Waals surface area contributed by atoms with Crippen LogP contribution in [0.25, 0.3) is 11.1 Å². The molecule has 184 valence electrons. The third-order valence-corrected chi connectivity index (χ3v) is 6.87. The Morgan fingerprint density at radius 3 is 2.06 bits per heavy atom. The molecule has 1 unspecified atom stereocenters. The van der Waals surface area contributed by atoms with Crippen LogP contribution in [0.3, 0.4) is 0 Å². The number of esters is 1. The number of carbonyl (C=O) groups excluding carboxylic acids is 1. The second kappa shape index (κ2) is 12.3. The fraction of sp³-hybridized carbons (Fsp3) is 0.242. The molecular weight excluding hydrogens is 442 g/mol. The van der Waals surface area contributed by atoms with E-state index in [1.54, 1.807) is 0 Å². The Hall–Kier alpha value is -3.69. The van der Waals surface area contributed by atoms with Crippen LogP contribution in [-0.4, -0.2) is 17.5 Å². The molecule has 0 saturated carbocycles. The SMILES string of the molecule is CCOC(=O)CC(c1cccc(-c2ccccc2)c1C)N(Cc1ccccc1)[C@H](C)c1ccccc1. The molecule has 2 atom stereocenters. The molecule has 0 radical (unpaired) electrons. The molecule has 0 aliphatic heterocycles. The lowest BCUT2D eigenvalue weighted by Crippen LogP contribution is -2.33. The van der Waals surface area contributed by atoms with E-state index in [-0.39, 0.29) is 24.5 Å². The summed E-state index contributed by atoms with van der Waals surface area (Å²) in [7, 11) is 0. The molecule has 0 amide bonds. The van der Waals surface area contributed by atoms with Crippen LogP contribution in [0.15, 0.2) is 109 Å². The van der Waals surface area contributed by atoms with Gasteiger partial charge in [0.25, 0.3) is 0 Å². The second-order valence-corrected chi connectivity index (χ2v) is 9.16. The molecule has 0 fully saturated rings. The van der Waals surface area contributed by atoms with Gasteiger partial charge in [-0.15, -0.1) is 0 Å². The molecule has 4 aromatic carbocycles. The van der Waals surface area contributed by atoms with Gasteiger partial charge >= 0.3 is 5.97 Å². The Morgan fingerprint density at radius 2 is 1.42 bits per heavy atom. The van der Waals surface area contributed by atoms with Gasteiger partial charge in [0, 0.05) is 18.6 Å². The molecular formula is C33H35NO2. The Bertz CT molecular complexity index is 1240. The molecule has 3 nitrogen and oxygen atoms in total. The van der Waals surface area contributed by atoms with Gasteiger partial charge in [0.05, 0.1) is 13.0 Å². The van der Waals surface area contributed by atoms with Crippen LogP contribution < -0.4 is 0 Å². The molecule has 0 aromatic heterocycles. The zero-order chi connectivity index (χ0) is 25.3. The van der Waals surface area contributed by atoms with E-state index >= 15 is 0 Å². The molecule has 36 heavy (non-hydrogen) atoms. The van der Waals surface area contributed by atoms with E-state index in [0.29, 0.717) is 6.61 Å². The summed E-state index contributed by atoms with van der Waals surface area (Å²) in [6.45, 7) is 7.36. The van der Waals surface area contributed by atoms with Crippen molar-refractivity contribution in [2.75, 3.05) is 6.61 Å². The van der Waals surface area contributed by atoms with Crippen molar-refractivity contribution in [1.82, 2.24) is 4.90 Å². The summed E-state index contributed by atoms with van der Waals surface area (Å²) in [6, 6.07) is 37.8. The number of carbonyl (C=O) groups is 1. The fourth-order valence-corrected chi connectivity index (χ4v) is 4.96. The molecule has 0 bridgehead atoms. The molecule has 0 heterocycles. The van der Waals surface area contributed by atoms with Crippen LogP contribution in [0, 0.1) is 6.92 Å². The number of hydrogen-bond donors (Lipinski definition) is 0. The first kappa shape index (κ1) is 25.4. The molecule has 0 aliphatic rings. The summed E-state index contributed by atoms with van der Waals surface area (Å²) < 4.78 is 5.47. The first-order valence-corrected chi connectivity index (χ1v) is 12.7. The predicted octanol–water partition coefficient (Wildman–Crippen LogP) is 7.92. The topological polar surface area (TPSA) is 29.5 Å². The van der Waals surface area contributed by atoms with Crippen LogP contribution in [0.1, 0.15) is 54.6 Å². The summed E-state index contributed by atoms with van der Waals surface area (Å²) in [5.74, 6) is -0.176. The van der Waals surface area contributed by atoms with Crippen molar-refractivity contribution in [3.8, 4) is 11.1 Å². The Kier molecular flexibility index (Phi) is 8.70. The number of hydrogen-bond acceptors (Lipinski definition) is 3. The Balaban J connectivity index is 1.83. The van der Waals surface area contributed by atoms with Crippen molar-refractivity contribution in [2.45, 2.75) is 45.8 Å². The minimum atomic E-state index is -0.176. The maximum Gasteiger partial charge on any atom is 0.307 e. The van der Waals surface area contributed by atoms with Crippen molar-refractivity contribution < 1.29 is 9.53 Å². The molecule has 0 saturated heterocycles. The summed E-state index contributed by atoms with van der Waals surface area (Å²) in [5, 5.41) is 0. The van der Waals surface area contributed by atoms with Gasteiger partial charge in [0.15, 0.2) is 0 Å². The Labute approximate surface area is 215 Å². The van der Waals surface area contributed by atoms with Gasteiger partial charge in [0.2, 0.25) is 0 Å². The van der Waals surface area contributed by atoms with E-state index in [2.05, 4.69) is 110 Å². The van der Waals surface area contributed by atoms with E-state index in [0.717, 1.165) is 12.1 Å². The van der Waals surface area contributed by atoms with E-state index in [9.17, 15) is 4.79 Å². The average Bonchev–Trinajstić information content (AvgIpc) is 2.92. The van der Waals surface area contributed by atoms with Crippen LogP contribution >= 0.6 is 0 Å². The minimum Gasteiger partial charge on any atom is -0.466 e. The van der Waals surface area contributed by atoms with E-state index in [4.69, 9.17) is 4.74 Å². The standard InChI is InChI=1S/C33H35NO2/c1-4-36-33(35)23-32(31-22-14-21-30(25(31)2)29-19-12-7-13-20-29)34(24-27-15-8-5-9-16-27)26(3)28-17-10-6-11-18-28/h5-22,26,32H,4,23-24H2,1-3H3/t26-,32?/m1/s1. The van der Waals surface area contributed by atoms with E-state index in [1.807, 2.05) is 25.1 Å². The lowest BCUT2D eigenvalue weighted by Gasteiger charge is -2.38. The normalized spacial score (nSPS) is 12.8. The van der Waals surface area contributed by atoms with Gasteiger partial charge in [-0.25, -0.2) is 0 Å². The third-order valence-electron chi connectivity index (χ3n) is 6.87. The lowest BCUT2D eigenvalue weighted by atomic mass is 9.89. The summed E-state index contributed by atoms with van der Waals surface area (Å²) in [6.07, 6.45) is 0.289. The predicted molar refractivity (Wildman–Crippen MR) is 147 cm³/mol. The maximum absolute atomic E-state index is 13.0. The summed E-state index contributed by atoms with van der Waals surface area (Å²) in [5.41, 5.74) is 7.15. The quantitative estimate of drug-likeness (QED) is 0.217. The second-order valence-electron chi connectivity index (χ2n) is 9.16. The van der Waals surface area contributed by atoms with Gasteiger partial charge in [-0.05, 0) is 54.2 Å². The van der Waals surface area contributed by atoms with Crippen LogP contribution in [0.5, 0.6) is 0 Å². The molecule has 0 N–H and O–H groups in total. The fourth-order valence-electron chi connectivity index (χ4n) is 4.96. The summed E-state index contributed by atoms with van der Waals surface area (Å²) >= 11 is 0. The van der Waals surface area contributed by atoms with E-state index < -0.39 is 0 Å². The monoisotopic (exact) mass is 477 g/mol. The van der Waals surface area contributed by atoms with Crippen LogP contribution in [0.4, 0.5) is 0 Å². The van der Waals surface area contributed by atoms with Crippen molar-refractivity contribution in [3.05, 3.63) is 131 Å². The number of benzene rings is 4. The zero-order valence-electron chi connectivity index (χ0n) is 21.4. The van der Waals surface area contributed by atoms with Gasteiger partial charge in [-0.3, -0.25) is 9.69 Å². The van der Waals surface area contributed by atoms with Gasteiger partial charge in [-0.2, -0.15) is 0 Å². The van der Waals surface area contributed by atoms with Crippen LogP contribution in [-0.2, 0) is 16.1 Å². The average molecular weight is 478 g/mol. The van der Waals surface area contributed by atoms with Crippen molar-refractivity contribution in [3.63, 3.8) is 0 Å². The number of nitrogens with zero attached hydrogens (tertiary/aromatic N) is 1. The molecule has 0 spiro atoms. The highest BCUT2D eigenvalue weighted by atomic mass is 16.5. The first-order chi connectivity index (χ1) is 17.6. The largest absolute Gasteiger partial charge is 0.466 e. The van der Waals surface area contributed by atoms with Gasteiger partial charge < -0.3 is 4.74 Å². The smallest absolute Gasteiger partial charge is 0.307 e. The first-order valence-electron chi connectivity index (χ1n) is 12.7. The molecule has 4 aromatic rings. The van der Waals surface area contributed by atoms with Crippen molar-refractivity contribution >= 4 is 5.97 Å². The molecule has 4 rings (SSSR count). The highest BCUT2D eigenvalue weighted by Crippen LogP contribution is 2.38. The highest BCUT2D eigenvalue weighted by molar-refractivity contribution is 5.72. The van der Waals surface area contributed by atoms with Crippen molar-refractivity contribution in [1.29, 1.82) is 0 Å². The molecule has 0 aliphatic carbocycles. The Morgan fingerprint density at radius 1 is 0.806 bits per heavy atom. The van der Waals surface area contributed by atoms with Crippen LogP contribution in [0.2, 0.25) is 0 Å². The van der Waals surface area contributed by atoms with Crippen molar-refractivity contribution in [2.24, 2.45) is 0 Å². The zero-order valence-corrected chi connectivity index (χ0v) is 21.4. The van der Waals surface area contributed by atoms with E-state index in [1.165, 1.54) is 27.8 Å². The third kappa shape index (κ3) is 6.10.